The second kappa shape index (κ2) is 5.14. The molecule has 2 nitrogen and oxygen atoms in total. The largest absolute Gasteiger partial charge is 0.485 e. The normalized spacial score (nSPS) is 21.2. The summed E-state index contributed by atoms with van der Waals surface area (Å²) < 4.78 is 33.8. The van der Waals surface area contributed by atoms with Gasteiger partial charge in [-0.25, -0.2) is 8.78 Å². The summed E-state index contributed by atoms with van der Waals surface area (Å²) >= 11 is 3.38. The predicted molar refractivity (Wildman–Crippen MR) is 75.4 cm³/mol. The van der Waals surface area contributed by atoms with Crippen LogP contribution < -0.4 is 10.5 Å². The molecule has 1 aliphatic rings. The van der Waals surface area contributed by atoms with E-state index in [0.717, 1.165) is 16.1 Å². The maximum absolute atomic E-state index is 13.9. The van der Waals surface area contributed by atoms with Crippen molar-refractivity contribution in [1.82, 2.24) is 0 Å². The lowest BCUT2D eigenvalue weighted by Crippen LogP contribution is -2.25. The second-order valence-electron chi connectivity index (χ2n) is 4.77. The fraction of sp³-hybridized carbons (Fsp3) is 0.200. The average molecular weight is 340 g/mol. The molecular weight excluding hydrogens is 328 g/mol. The van der Waals surface area contributed by atoms with Crippen LogP contribution in [0, 0.1) is 11.6 Å². The van der Waals surface area contributed by atoms with E-state index in [-0.39, 0.29) is 11.6 Å². The van der Waals surface area contributed by atoms with Crippen molar-refractivity contribution in [3.63, 3.8) is 0 Å². The molecule has 0 aliphatic carbocycles. The van der Waals surface area contributed by atoms with Gasteiger partial charge in [-0.2, -0.15) is 0 Å². The van der Waals surface area contributed by atoms with Gasteiger partial charge >= 0.3 is 0 Å². The van der Waals surface area contributed by atoms with Crippen molar-refractivity contribution in [3.05, 3.63) is 63.6 Å². The maximum Gasteiger partial charge on any atom is 0.165 e. The molecule has 1 unspecified atom stereocenters. The van der Waals surface area contributed by atoms with E-state index in [0.29, 0.717) is 12.2 Å². The van der Waals surface area contributed by atoms with Crippen LogP contribution in [0.25, 0.3) is 0 Å². The summed E-state index contributed by atoms with van der Waals surface area (Å²) in [5, 5.41) is 0. The molecule has 0 spiro atoms. The van der Waals surface area contributed by atoms with Gasteiger partial charge in [0, 0.05) is 28.1 Å². The topological polar surface area (TPSA) is 35.2 Å². The third-order valence-electron chi connectivity index (χ3n) is 3.44. The lowest BCUT2D eigenvalue weighted by atomic mass is 9.93. The van der Waals surface area contributed by atoms with Crippen molar-refractivity contribution >= 4 is 15.9 Å². The molecule has 2 aromatic carbocycles. The van der Waals surface area contributed by atoms with Crippen molar-refractivity contribution in [1.29, 1.82) is 0 Å². The molecule has 0 fully saturated rings. The summed E-state index contributed by atoms with van der Waals surface area (Å²) in [5.41, 5.74) is 7.18. The molecule has 2 N–H and O–H groups in total. The molecular formula is C15H12BrF2NO. The van der Waals surface area contributed by atoms with E-state index in [2.05, 4.69) is 15.9 Å². The Bertz CT molecular complexity index is 662. The molecule has 1 heterocycles. The minimum atomic E-state index is -0.874. The summed E-state index contributed by atoms with van der Waals surface area (Å²) in [6.07, 6.45) is -0.168. The van der Waals surface area contributed by atoms with Gasteiger partial charge < -0.3 is 10.5 Å². The Labute approximate surface area is 123 Å². The molecule has 2 atom stereocenters. The summed E-state index contributed by atoms with van der Waals surface area (Å²) in [4.78, 5) is 0. The van der Waals surface area contributed by atoms with Gasteiger partial charge in [0.2, 0.25) is 0 Å². The average Bonchev–Trinajstić information content (AvgIpc) is 2.42. The third kappa shape index (κ3) is 2.31. The number of ether oxygens (including phenoxy) is 1. The van der Waals surface area contributed by atoms with Gasteiger partial charge in [0.25, 0.3) is 0 Å². The van der Waals surface area contributed by atoms with Gasteiger partial charge in [-0.05, 0) is 24.3 Å². The fourth-order valence-electron chi connectivity index (χ4n) is 2.43. The van der Waals surface area contributed by atoms with Crippen molar-refractivity contribution in [2.45, 2.75) is 18.6 Å². The molecule has 0 bridgehead atoms. The lowest BCUT2D eigenvalue weighted by Gasteiger charge is -2.30. The SMILES string of the molecule is N[C@@H]1CC(c2cccc(F)c2F)Oc2ccc(Br)cc21. The van der Waals surface area contributed by atoms with Crippen molar-refractivity contribution in [2.75, 3.05) is 0 Å². The quantitative estimate of drug-likeness (QED) is 0.842. The van der Waals surface area contributed by atoms with Crippen molar-refractivity contribution in [2.24, 2.45) is 5.73 Å². The number of hydrogen-bond acceptors (Lipinski definition) is 2. The van der Waals surface area contributed by atoms with Gasteiger partial charge in [-0.15, -0.1) is 0 Å². The Balaban J connectivity index is 1.99. The van der Waals surface area contributed by atoms with Crippen LogP contribution in [0.4, 0.5) is 8.78 Å². The number of benzene rings is 2. The second-order valence-corrected chi connectivity index (χ2v) is 5.69. The Morgan fingerprint density at radius 3 is 2.75 bits per heavy atom. The van der Waals surface area contributed by atoms with Crippen LogP contribution in [0.3, 0.4) is 0 Å². The van der Waals surface area contributed by atoms with Crippen LogP contribution in [0.5, 0.6) is 5.75 Å². The van der Waals surface area contributed by atoms with Gasteiger partial charge in [0.15, 0.2) is 11.6 Å². The zero-order valence-electron chi connectivity index (χ0n) is 10.4. The molecule has 3 rings (SSSR count). The van der Waals surface area contributed by atoms with E-state index < -0.39 is 17.7 Å². The molecule has 2 aromatic rings. The Morgan fingerprint density at radius 1 is 1.15 bits per heavy atom. The summed E-state index contributed by atoms with van der Waals surface area (Å²) in [6.45, 7) is 0. The maximum atomic E-state index is 13.9. The Hall–Kier alpha value is -1.46. The first-order valence-corrected chi connectivity index (χ1v) is 7.01. The number of nitrogens with two attached hydrogens (primary N) is 1. The van der Waals surface area contributed by atoms with E-state index in [1.165, 1.54) is 12.1 Å². The number of hydrogen-bond donors (Lipinski definition) is 1. The van der Waals surface area contributed by atoms with Crippen LogP contribution in [-0.2, 0) is 0 Å². The van der Waals surface area contributed by atoms with Crippen LogP contribution in [0.2, 0.25) is 0 Å². The first-order valence-electron chi connectivity index (χ1n) is 6.22. The van der Waals surface area contributed by atoms with Crippen LogP contribution >= 0.6 is 15.9 Å². The number of rotatable bonds is 1. The molecule has 0 radical (unpaired) electrons. The van der Waals surface area contributed by atoms with E-state index in [9.17, 15) is 8.78 Å². The molecule has 0 amide bonds. The van der Waals surface area contributed by atoms with E-state index in [1.807, 2.05) is 12.1 Å². The smallest absolute Gasteiger partial charge is 0.165 e. The van der Waals surface area contributed by atoms with Crippen LogP contribution in [-0.4, -0.2) is 0 Å². The first-order chi connectivity index (χ1) is 9.56. The van der Waals surface area contributed by atoms with Crippen molar-refractivity contribution < 1.29 is 13.5 Å². The molecule has 5 heteroatoms. The van der Waals surface area contributed by atoms with Crippen LogP contribution in [0.15, 0.2) is 40.9 Å². The molecule has 0 aromatic heterocycles. The zero-order valence-corrected chi connectivity index (χ0v) is 12.0. The molecule has 0 saturated heterocycles. The fourth-order valence-corrected chi connectivity index (χ4v) is 2.81. The molecule has 104 valence electrons. The van der Waals surface area contributed by atoms with E-state index in [1.54, 1.807) is 6.07 Å². The molecule has 0 saturated carbocycles. The minimum Gasteiger partial charge on any atom is -0.485 e. The highest BCUT2D eigenvalue weighted by atomic mass is 79.9. The highest BCUT2D eigenvalue weighted by Crippen LogP contribution is 2.41. The summed E-state index contributed by atoms with van der Waals surface area (Å²) in [5.74, 6) is -1.13. The highest BCUT2D eigenvalue weighted by molar-refractivity contribution is 9.10. The Kier molecular flexibility index (Phi) is 3.48. The number of fused-ring (bicyclic) bond motifs is 1. The zero-order chi connectivity index (χ0) is 14.3. The third-order valence-corrected chi connectivity index (χ3v) is 3.93. The monoisotopic (exact) mass is 339 g/mol. The first kappa shape index (κ1) is 13.5. The van der Waals surface area contributed by atoms with Gasteiger partial charge in [0.1, 0.15) is 11.9 Å². The highest BCUT2D eigenvalue weighted by Gasteiger charge is 2.29. The van der Waals surface area contributed by atoms with E-state index >= 15 is 0 Å². The van der Waals surface area contributed by atoms with E-state index in [4.69, 9.17) is 10.5 Å². The summed E-state index contributed by atoms with van der Waals surface area (Å²) in [6, 6.07) is 9.31. The number of halogens is 3. The summed E-state index contributed by atoms with van der Waals surface area (Å²) in [7, 11) is 0. The predicted octanol–water partition coefficient (Wildman–Crippen LogP) is 4.25. The minimum absolute atomic E-state index is 0.203. The standard InChI is InChI=1S/C15H12BrF2NO/c16-8-4-5-13-10(6-8)12(19)7-14(20-13)9-2-1-3-11(17)15(9)18/h1-6,12,14H,7,19H2/t12-,14?/m1/s1. The lowest BCUT2D eigenvalue weighted by molar-refractivity contribution is 0.156. The molecule has 20 heavy (non-hydrogen) atoms. The van der Waals surface area contributed by atoms with Crippen molar-refractivity contribution in [3.8, 4) is 5.75 Å². The molecule has 1 aliphatic heterocycles. The van der Waals surface area contributed by atoms with Gasteiger partial charge in [-0.3, -0.25) is 0 Å². The van der Waals surface area contributed by atoms with Gasteiger partial charge in [-0.1, -0.05) is 28.1 Å². The van der Waals surface area contributed by atoms with Crippen LogP contribution in [0.1, 0.15) is 29.7 Å². The Morgan fingerprint density at radius 2 is 1.95 bits per heavy atom. The van der Waals surface area contributed by atoms with Gasteiger partial charge in [0.05, 0.1) is 0 Å².